The predicted octanol–water partition coefficient (Wildman–Crippen LogP) is 5.17. The number of hydrogen-bond donors (Lipinski definition) is 2. The molecule has 0 bridgehead atoms. The van der Waals surface area contributed by atoms with Crippen LogP contribution in [0.1, 0.15) is 74.2 Å². The molecule has 2 aromatic carbocycles. The number of piperazine rings is 1. The minimum absolute atomic E-state index is 0.0421. The maximum absolute atomic E-state index is 13.4. The first kappa shape index (κ1) is 25.5. The number of ether oxygens (including phenoxy) is 1. The fraction of sp³-hybridized carbons (Fsp3) is 0.533. The Kier molecular flexibility index (Phi) is 6.55. The van der Waals surface area contributed by atoms with Gasteiger partial charge in [-0.1, -0.05) is 49.4 Å². The summed E-state index contributed by atoms with van der Waals surface area (Å²) in [6.07, 6.45) is 8.05. The largest absolute Gasteiger partial charge is 0.461 e. The number of fused-ring (bicyclic) bond motifs is 1. The third-order valence-corrected chi connectivity index (χ3v) is 9.06. The molecule has 1 saturated heterocycles. The highest BCUT2D eigenvalue weighted by atomic mass is 35.5. The summed E-state index contributed by atoms with van der Waals surface area (Å²) in [5, 5.41) is 14.6. The van der Waals surface area contributed by atoms with Crippen molar-refractivity contribution in [3.63, 3.8) is 0 Å². The van der Waals surface area contributed by atoms with Crippen LogP contribution in [0, 0.1) is 5.92 Å². The quantitative estimate of drug-likeness (QED) is 0.526. The van der Waals surface area contributed by atoms with Gasteiger partial charge in [0.15, 0.2) is 0 Å². The molecule has 8 heteroatoms. The van der Waals surface area contributed by atoms with E-state index in [1.807, 2.05) is 54.3 Å². The van der Waals surface area contributed by atoms with Crippen molar-refractivity contribution in [2.45, 2.75) is 75.7 Å². The molecule has 3 fully saturated rings. The number of halogens is 1. The van der Waals surface area contributed by atoms with Crippen LogP contribution in [0.5, 0.6) is 5.75 Å². The Balaban J connectivity index is 1.21. The van der Waals surface area contributed by atoms with Gasteiger partial charge in [0.2, 0.25) is 5.72 Å². The molecular weight excluding hydrogens is 502 g/mol. The molecule has 0 radical (unpaired) electrons. The van der Waals surface area contributed by atoms with Gasteiger partial charge in [-0.3, -0.25) is 9.59 Å². The summed E-state index contributed by atoms with van der Waals surface area (Å²) in [6.45, 7) is 3.29. The molecule has 4 aliphatic rings. The van der Waals surface area contributed by atoms with Crippen LogP contribution < -0.4 is 10.1 Å². The van der Waals surface area contributed by atoms with Crippen LogP contribution in [-0.2, 0) is 10.5 Å². The number of hydrogen-bond acceptors (Lipinski definition) is 5. The van der Waals surface area contributed by atoms with Gasteiger partial charge in [-0.25, -0.2) is 0 Å². The van der Waals surface area contributed by atoms with E-state index < -0.39 is 11.3 Å². The SMILES string of the molecule is C[C@H]1CN(C(=O)c2ccc(C3(C4CCCCCC4)Nc4ccc(Cl)cc4O3)cc2)CCN1C(=O)C1(O)CC1. The van der Waals surface area contributed by atoms with Gasteiger partial charge in [-0.2, -0.15) is 0 Å². The minimum atomic E-state index is -1.18. The van der Waals surface area contributed by atoms with Crippen LogP contribution >= 0.6 is 11.6 Å². The average Bonchev–Trinajstić information content (AvgIpc) is 3.64. The van der Waals surface area contributed by atoms with Gasteiger partial charge in [-0.15, -0.1) is 0 Å². The van der Waals surface area contributed by atoms with Crippen molar-refractivity contribution in [3.05, 3.63) is 58.6 Å². The summed E-state index contributed by atoms with van der Waals surface area (Å²) in [5.41, 5.74) is 0.704. The second-order valence-corrected chi connectivity index (χ2v) is 11.9. The molecule has 0 spiro atoms. The van der Waals surface area contributed by atoms with Gasteiger partial charge >= 0.3 is 0 Å². The Bertz CT molecular complexity index is 1220. The van der Waals surface area contributed by atoms with Crippen molar-refractivity contribution in [3.8, 4) is 5.75 Å². The Morgan fingerprint density at radius 2 is 1.74 bits per heavy atom. The number of rotatable bonds is 4. The molecule has 2 saturated carbocycles. The average molecular weight is 538 g/mol. The van der Waals surface area contributed by atoms with Crippen molar-refractivity contribution in [2.24, 2.45) is 5.92 Å². The highest BCUT2D eigenvalue weighted by molar-refractivity contribution is 6.30. The molecule has 2 aromatic rings. The van der Waals surface area contributed by atoms with Gasteiger partial charge < -0.3 is 25.0 Å². The summed E-state index contributed by atoms with van der Waals surface area (Å²) in [4.78, 5) is 29.6. The number of nitrogens with zero attached hydrogens (tertiary/aromatic N) is 2. The molecule has 2 aliphatic carbocycles. The molecule has 6 rings (SSSR count). The van der Waals surface area contributed by atoms with Gasteiger partial charge in [0.1, 0.15) is 11.4 Å². The summed E-state index contributed by atoms with van der Waals surface area (Å²) in [5.74, 6) is 0.820. The lowest BCUT2D eigenvalue weighted by molar-refractivity contribution is -0.146. The molecular formula is C30H36ClN3O4. The number of carbonyl (C=O) groups excluding carboxylic acids is 2. The number of carbonyl (C=O) groups is 2. The molecule has 2 amide bonds. The van der Waals surface area contributed by atoms with E-state index in [9.17, 15) is 14.7 Å². The maximum Gasteiger partial charge on any atom is 0.254 e. The van der Waals surface area contributed by atoms with Crippen molar-refractivity contribution >= 4 is 29.1 Å². The fourth-order valence-electron chi connectivity index (χ4n) is 6.41. The minimum Gasteiger partial charge on any atom is -0.461 e. The van der Waals surface area contributed by atoms with Crippen LogP contribution in [0.2, 0.25) is 5.02 Å². The summed E-state index contributed by atoms with van der Waals surface area (Å²) >= 11 is 6.28. The zero-order valence-corrected chi connectivity index (χ0v) is 22.7. The molecule has 2 heterocycles. The first-order chi connectivity index (χ1) is 18.3. The molecule has 0 aromatic heterocycles. The van der Waals surface area contributed by atoms with Crippen LogP contribution in [0.25, 0.3) is 0 Å². The Labute approximate surface area is 229 Å². The van der Waals surface area contributed by atoms with Crippen molar-refractivity contribution < 1.29 is 19.4 Å². The lowest BCUT2D eigenvalue weighted by Crippen LogP contribution is -2.57. The zero-order chi connectivity index (χ0) is 26.5. The van der Waals surface area contributed by atoms with E-state index in [1.54, 1.807) is 4.90 Å². The van der Waals surface area contributed by atoms with E-state index in [4.69, 9.17) is 16.3 Å². The van der Waals surface area contributed by atoms with Gasteiger partial charge in [-0.05, 0) is 56.9 Å². The van der Waals surface area contributed by atoms with E-state index in [-0.39, 0.29) is 17.9 Å². The molecule has 2 N–H and O–H groups in total. The third-order valence-electron chi connectivity index (χ3n) is 8.82. The smallest absolute Gasteiger partial charge is 0.254 e. The van der Waals surface area contributed by atoms with Crippen LogP contribution in [0.4, 0.5) is 5.69 Å². The monoisotopic (exact) mass is 537 g/mol. The molecule has 202 valence electrons. The first-order valence-corrected chi connectivity index (χ1v) is 14.4. The number of anilines is 1. The van der Waals surface area contributed by atoms with Crippen LogP contribution in [-0.4, -0.2) is 58.0 Å². The van der Waals surface area contributed by atoms with E-state index >= 15 is 0 Å². The first-order valence-electron chi connectivity index (χ1n) is 14.0. The lowest BCUT2D eigenvalue weighted by Gasteiger charge is -2.41. The normalized spacial score (nSPS) is 26.7. The molecule has 2 atom stereocenters. The van der Waals surface area contributed by atoms with E-state index in [0.717, 1.165) is 29.8 Å². The third kappa shape index (κ3) is 4.54. The summed E-state index contributed by atoms with van der Waals surface area (Å²) in [6, 6.07) is 13.4. The highest BCUT2D eigenvalue weighted by Crippen LogP contribution is 2.50. The van der Waals surface area contributed by atoms with Gasteiger partial charge in [0.05, 0.1) is 5.69 Å². The van der Waals surface area contributed by atoms with Crippen LogP contribution in [0.15, 0.2) is 42.5 Å². The van der Waals surface area contributed by atoms with Crippen LogP contribution in [0.3, 0.4) is 0 Å². The summed E-state index contributed by atoms with van der Waals surface area (Å²) < 4.78 is 6.71. The van der Waals surface area contributed by atoms with Crippen molar-refractivity contribution in [1.29, 1.82) is 0 Å². The predicted molar refractivity (Wildman–Crippen MR) is 146 cm³/mol. The zero-order valence-electron chi connectivity index (χ0n) is 21.9. The highest BCUT2D eigenvalue weighted by Gasteiger charge is 2.51. The standard InChI is InChI=1S/C30H36ClN3O4/c1-20-19-33(16-17-34(20)28(36)29(37)14-15-29)27(35)21-8-10-23(11-9-21)30(22-6-4-2-3-5-7-22)32-25-13-12-24(31)18-26(25)38-30/h8-13,18,20,22,32,37H,2-7,14-17,19H2,1H3/t20-,30?/m0/s1. The topological polar surface area (TPSA) is 82.1 Å². The number of aliphatic hydroxyl groups is 1. The second kappa shape index (κ2) is 9.76. The molecule has 7 nitrogen and oxygen atoms in total. The number of amides is 2. The van der Waals surface area contributed by atoms with Gasteiger partial charge in [0.25, 0.3) is 11.8 Å². The van der Waals surface area contributed by atoms with Crippen molar-refractivity contribution in [2.75, 3.05) is 25.0 Å². The second-order valence-electron chi connectivity index (χ2n) is 11.5. The van der Waals surface area contributed by atoms with E-state index in [1.165, 1.54) is 25.7 Å². The van der Waals surface area contributed by atoms with Gasteiger partial charge in [0, 0.05) is 53.8 Å². The maximum atomic E-state index is 13.4. The molecule has 1 unspecified atom stereocenters. The molecule has 38 heavy (non-hydrogen) atoms. The van der Waals surface area contributed by atoms with E-state index in [0.29, 0.717) is 49.0 Å². The van der Waals surface area contributed by atoms with E-state index in [2.05, 4.69) is 5.32 Å². The molecule has 2 aliphatic heterocycles. The van der Waals surface area contributed by atoms with Crippen molar-refractivity contribution in [1.82, 2.24) is 9.80 Å². The summed E-state index contributed by atoms with van der Waals surface area (Å²) in [7, 11) is 0. The Morgan fingerprint density at radius 1 is 1.03 bits per heavy atom. The Morgan fingerprint density at radius 3 is 2.39 bits per heavy atom. The Hall–Kier alpha value is -2.77. The number of nitrogens with one attached hydrogen (secondary N) is 1. The lowest BCUT2D eigenvalue weighted by atomic mass is 9.83. The fourth-order valence-corrected chi connectivity index (χ4v) is 6.57. The number of benzene rings is 2.